The van der Waals surface area contributed by atoms with Crippen LogP contribution >= 0.6 is 23.2 Å². The van der Waals surface area contributed by atoms with Crippen LogP contribution in [0.1, 0.15) is 34.8 Å². The smallest absolute Gasteiger partial charge is 0.292 e. The molecule has 1 atom stereocenters. The van der Waals surface area contributed by atoms with Gasteiger partial charge in [-0.1, -0.05) is 29.3 Å². The molecule has 4 rings (SSSR count). The maximum absolute atomic E-state index is 13.0. The van der Waals surface area contributed by atoms with Gasteiger partial charge < -0.3 is 14.6 Å². The van der Waals surface area contributed by atoms with Crippen LogP contribution in [-0.2, 0) is 6.42 Å². The number of aromatic nitrogens is 3. The van der Waals surface area contributed by atoms with Gasteiger partial charge in [0, 0.05) is 41.9 Å². The molecule has 0 radical (unpaired) electrons. The van der Waals surface area contributed by atoms with E-state index in [4.69, 9.17) is 27.9 Å². The summed E-state index contributed by atoms with van der Waals surface area (Å²) >= 11 is 12.5. The van der Waals surface area contributed by atoms with E-state index in [9.17, 15) is 4.79 Å². The molecule has 0 bridgehead atoms. The number of nitrogens with one attached hydrogen (secondary N) is 1. The average molecular weight is 391 g/mol. The summed E-state index contributed by atoms with van der Waals surface area (Å²) < 4.78 is 5.09. The van der Waals surface area contributed by atoms with E-state index < -0.39 is 0 Å². The zero-order valence-electron chi connectivity index (χ0n) is 14.2. The molecule has 3 aromatic rings. The number of amides is 1. The van der Waals surface area contributed by atoms with Crippen molar-refractivity contribution in [1.29, 1.82) is 0 Å². The molecule has 0 spiro atoms. The first-order valence-corrected chi connectivity index (χ1v) is 8.93. The normalized spacial score (nSPS) is 16.6. The van der Waals surface area contributed by atoms with Gasteiger partial charge in [0.2, 0.25) is 11.7 Å². The summed E-state index contributed by atoms with van der Waals surface area (Å²) in [5, 5.41) is 1.98. The van der Waals surface area contributed by atoms with Crippen LogP contribution in [-0.4, -0.2) is 39.4 Å². The van der Waals surface area contributed by atoms with Crippen LogP contribution in [0.25, 0.3) is 10.9 Å². The molecule has 6 nitrogen and oxygen atoms in total. The van der Waals surface area contributed by atoms with Crippen LogP contribution in [0.15, 0.2) is 24.4 Å². The lowest BCUT2D eigenvalue weighted by molar-refractivity contribution is 0.0664. The number of hydrogen-bond donors (Lipinski definition) is 1. The molecule has 134 valence electrons. The molecular formula is C18H16Cl2N4O2. The molecule has 0 unspecified atom stereocenters. The Morgan fingerprint density at radius 3 is 2.92 bits per heavy atom. The number of aromatic amines is 1. The third-order valence-corrected chi connectivity index (χ3v) is 5.57. The van der Waals surface area contributed by atoms with Gasteiger partial charge in [0.15, 0.2) is 0 Å². The highest BCUT2D eigenvalue weighted by Gasteiger charge is 2.32. The Balaban J connectivity index is 1.75. The van der Waals surface area contributed by atoms with Crippen LogP contribution in [0.4, 0.5) is 0 Å². The number of benzene rings is 1. The zero-order valence-corrected chi connectivity index (χ0v) is 15.7. The summed E-state index contributed by atoms with van der Waals surface area (Å²) in [6.45, 7) is 2.55. The van der Waals surface area contributed by atoms with Crippen LogP contribution in [0, 0.1) is 0 Å². The second kappa shape index (κ2) is 6.45. The molecule has 1 N–H and O–H groups in total. The summed E-state index contributed by atoms with van der Waals surface area (Å²) in [5.74, 6) is 0.263. The third-order valence-electron chi connectivity index (χ3n) is 4.77. The number of H-pyrrole nitrogens is 1. The number of fused-ring (bicyclic) bond motifs is 3. The van der Waals surface area contributed by atoms with Gasteiger partial charge in [-0.15, -0.1) is 0 Å². The van der Waals surface area contributed by atoms with E-state index in [0.717, 1.165) is 22.2 Å². The lowest BCUT2D eigenvalue weighted by atomic mass is 9.97. The Kier molecular flexibility index (Phi) is 4.25. The molecule has 0 aliphatic carbocycles. The van der Waals surface area contributed by atoms with E-state index >= 15 is 0 Å². The van der Waals surface area contributed by atoms with E-state index in [0.29, 0.717) is 28.9 Å². The minimum absolute atomic E-state index is 0.126. The van der Waals surface area contributed by atoms with Crippen molar-refractivity contribution in [3.8, 4) is 5.88 Å². The van der Waals surface area contributed by atoms with Gasteiger partial charge >= 0.3 is 0 Å². The van der Waals surface area contributed by atoms with E-state index in [-0.39, 0.29) is 17.8 Å². The Labute approximate surface area is 160 Å². The van der Waals surface area contributed by atoms with Crippen molar-refractivity contribution < 1.29 is 9.53 Å². The second-order valence-electron chi connectivity index (χ2n) is 6.15. The maximum atomic E-state index is 13.0. The third kappa shape index (κ3) is 2.61. The van der Waals surface area contributed by atoms with E-state index in [2.05, 4.69) is 15.0 Å². The molecule has 8 heteroatoms. The van der Waals surface area contributed by atoms with E-state index in [1.165, 1.54) is 13.3 Å². The lowest BCUT2D eigenvalue weighted by Gasteiger charge is -2.33. The summed E-state index contributed by atoms with van der Waals surface area (Å²) in [6, 6.07) is 5.18. The minimum Gasteiger partial charge on any atom is -0.481 e. The summed E-state index contributed by atoms with van der Waals surface area (Å²) in [4.78, 5) is 26.4. The van der Waals surface area contributed by atoms with Crippen LogP contribution in [0.3, 0.4) is 0 Å². The van der Waals surface area contributed by atoms with E-state index in [1.807, 2.05) is 13.0 Å². The van der Waals surface area contributed by atoms with Crippen LogP contribution < -0.4 is 4.74 Å². The van der Waals surface area contributed by atoms with Crippen molar-refractivity contribution >= 4 is 40.0 Å². The van der Waals surface area contributed by atoms with Crippen molar-refractivity contribution in [3.05, 3.63) is 51.5 Å². The summed E-state index contributed by atoms with van der Waals surface area (Å²) in [5.41, 5.74) is 2.94. The highest BCUT2D eigenvalue weighted by Crippen LogP contribution is 2.40. The first-order chi connectivity index (χ1) is 12.5. The van der Waals surface area contributed by atoms with Crippen molar-refractivity contribution in [1.82, 2.24) is 19.9 Å². The molecule has 1 aliphatic rings. The fourth-order valence-electron chi connectivity index (χ4n) is 3.50. The highest BCUT2D eigenvalue weighted by atomic mass is 35.5. The van der Waals surface area contributed by atoms with Gasteiger partial charge in [0.1, 0.15) is 0 Å². The Bertz CT molecular complexity index is 1020. The number of methoxy groups -OCH3 is 1. The summed E-state index contributed by atoms with van der Waals surface area (Å²) in [6.07, 6.45) is 2.21. The van der Waals surface area contributed by atoms with Crippen LogP contribution in [0.5, 0.6) is 5.88 Å². The topological polar surface area (TPSA) is 71.1 Å². The maximum Gasteiger partial charge on any atom is 0.292 e. The van der Waals surface area contributed by atoms with Gasteiger partial charge in [-0.3, -0.25) is 4.79 Å². The molecule has 2 aromatic heterocycles. The highest BCUT2D eigenvalue weighted by molar-refractivity contribution is 6.45. The molecular weight excluding hydrogens is 375 g/mol. The van der Waals surface area contributed by atoms with E-state index in [1.54, 1.807) is 17.0 Å². The molecule has 26 heavy (non-hydrogen) atoms. The SMILES string of the molecule is COc1ccnc(C(=O)N2CCc3[nH]c4c(Cl)c(Cl)ccc4c3[C@H]2C)n1. The van der Waals surface area contributed by atoms with Crippen molar-refractivity contribution in [2.45, 2.75) is 19.4 Å². The molecule has 0 saturated carbocycles. The monoisotopic (exact) mass is 390 g/mol. The van der Waals surface area contributed by atoms with Gasteiger partial charge in [0.05, 0.1) is 28.7 Å². The zero-order chi connectivity index (χ0) is 18.4. The fourth-order valence-corrected chi connectivity index (χ4v) is 3.87. The Morgan fingerprint density at radius 1 is 1.35 bits per heavy atom. The van der Waals surface area contributed by atoms with Crippen molar-refractivity contribution in [3.63, 3.8) is 0 Å². The molecule has 3 heterocycles. The fraction of sp³-hybridized carbons (Fsp3) is 0.278. The molecule has 1 aromatic carbocycles. The number of carbonyl (C=O) groups is 1. The first kappa shape index (κ1) is 17.1. The number of halogens is 2. The Hall–Kier alpha value is -2.31. The number of nitrogens with zero attached hydrogens (tertiary/aromatic N) is 3. The molecule has 0 fully saturated rings. The Morgan fingerprint density at radius 2 is 2.15 bits per heavy atom. The first-order valence-electron chi connectivity index (χ1n) is 8.17. The van der Waals surface area contributed by atoms with Crippen molar-refractivity contribution in [2.24, 2.45) is 0 Å². The quantitative estimate of drug-likeness (QED) is 0.716. The van der Waals surface area contributed by atoms with Crippen molar-refractivity contribution in [2.75, 3.05) is 13.7 Å². The number of hydrogen-bond acceptors (Lipinski definition) is 4. The number of ether oxygens (including phenoxy) is 1. The second-order valence-corrected chi connectivity index (χ2v) is 6.93. The largest absolute Gasteiger partial charge is 0.481 e. The molecule has 1 amide bonds. The van der Waals surface area contributed by atoms with Gasteiger partial charge in [-0.2, -0.15) is 4.98 Å². The molecule has 1 aliphatic heterocycles. The summed E-state index contributed by atoms with van der Waals surface area (Å²) in [7, 11) is 1.51. The predicted octanol–water partition coefficient (Wildman–Crippen LogP) is 4.03. The van der Waals surface area contributed by atoms with Crippen LogP contribution in [0.2, 0.25) is 10.0 Å². The number of carbonyl (C=O) groups excluding carboxylic acids is 1. The number of rotatable bonds is 2. The van der Waals surface area contributed by atoms with Gasteiger partial charge in [0.25, 0.3) is 5.91 Å². The average Bonchev–Trinajstić information content (AvgIpc) is 3.05. The molecule has 0 saturated heterocycles. The van der Waals surface area contributed by atoms with Gasteiger partial charge in [-0.25, -0.2) is 4.98 Å². The minimum atomic E-state index is -0.225. The predicted molar refractivity (Wildman–Crippen MR) is 100 cm³/mol. The van der Waals surface area contributed by atoms with Gasteiger partial charge in [-0.05, 0) is 13.0 Å². The standard InChI is InChI=1S/C18H16Cl2N4O2/c1-9-14-10-3-4-11(19)15(20)16(10)22-12(14)6-8-24(9)18(25)17-21-7-5-13(23-17)26-2/h3-5,7,9,22H,6,8H2,1-2H3/t9-/m1/s1. The lowest BCUT2D eigenvalue weighted by Crippen LogP contribution is -2.39.